The van der Waals surface area contributed by atoms with Gasteiger partial charge in [-0.15, -0.1) is 0 Å². The zero-order chi connectivity index (χ0) is 21.1. The molecule has 0 fully saturated rings. The Morgan fingerprint density at radius 2 is 1.53 bits per heavy atom. The molecule has 0 unspecified atom stereocenters. The second-order valence-electron chi connectivity index (χ2n) is 6.52. The van der Waals surface area contributed by atoms with E-state index in [-0.39, 0.29) is 17.6 Å². The molecule has 0 bridgehead atoms. The fraction of sp³-hybridized carbons (Fsp3) is 0.0952. The average molecular weight is 426 g/mol. The first kappa shape index (κ1) is 19.7. The molecule has 0 saturated carbocycles. The Balaban J connectivity index is 1.54. The number of aromatic nitrogens is 1. The molecule has 2 N–H and O–H groups in total. The van der Waals surface area contributed by atoms with Gasteiger partial charge >= 0.3 is 12.1 Å². The number of para-hydroxylation sites is 2. The smallest absolute Gasteiger partial charge is 0.307 e. The van der Waals surface area contributed by atoms with E-state index < -0.39 is 11.8 Å². The minimum atomic E-state index is -0.562. The highest BCUT2D eigenvalue weighted by Gasteiger charge is 2.30. The Hall–Kier alpha value is -3.65. The van der Waals surface area contributed by atoms with Crippen LogP contribution in [-0.2, 0) is 0 Å². The summed E-state index contributed by atoms with van der Waals surface area (Å²) in [7, 11) is 0. The van der Waals surface area contributed by atoms with E-state index in [2.05, 4.69) is 15.6 Å². The molecule has 152 valence electrons. The number of carbonyl (C=O) groups is 2. The maximum atomic E-state index is 13.4. The summed E-state index contributed by atoms with van der Waals surface area (Å²) in [5, 5.41) is 5.44. The van der Waals surface area contributed by atoms with E-state index in [4.69, 9.17) is 11.6 Å². The van der Waals surface area contributed by atoms with Crippen molar-refractivity contribution in [3.8, 4) is 0 Å². The lowest BCUT2D eigenvalue weighted by Gasteiger charge is -2.36. The molecular weight excluding hydrogens is 409 g/mol. The Labute approximate surface area is 177 Å². The van der Waals surface area contributed by atoms with E-state index in [0.29, 0.717) is 29.3 Å². The van der Waals surface area contributed by atoms with Gasteiger partial charge in [0.25, 0.3) is 0 Å². The molecule has 0 radical (unpaired) electrons. The van der Waals surface area contributed by atoms with Gasteiger partial charge in [-0.3, -0.25) is 14.8 Å². The van der Waals surface area contributed by atoms with Gasteiger partial charge in [-0.25, -0.2) is 14.0 Å². The third kappa shape index (κ3) is 4.04. The van der Waals surface area contributed by atoms with Gasteiger partial charge < -0.3 is 10.6 Å². The Bertz CT molecular complexity index is 1100. The van der Waals surface area contributed by atoms with Crippen molar-refractivity contribution in [3.63, 3.8) is 0 Å². The summed E-state index contributed by atoms with van der Waals surface area (Å²) in [6.45, 7) is 0.568. The number of anilines is 4. The predicted molar refractivity (Wildman–Crippen MR) is 115 cm³/mol. The molecule has 1 aliphatic heterocycles. The molecule has 3 aromatic rings. The fourth-order valence-electron chi connectivity index (χ4n) is 3.18. The molecule has 0 saturated heterocycles. The van der Waals surface area contributed by atoms with Crippen LogP contribution >= 0.6 is 11.6 Å². The first-order chi connectivity index (χ1) is 14.5. The Kier molecular flexibility index (Phi) is 5.49. The van der Waals surface area contributed by atoms with Crippen molar-refractivity contribution in [3.05, 3.63) is 77.8 Å². The van der Waals surface area contributed by atoms with E-state index in [1.165, 1.54) is 23.1 Å². The largest absolute Gasteiger partial charge is 0.326 e. The van der Waals surface area contributed by atoms with Crippen molar-refractivity contribution >= 4 is 46.4 Å². The third-order valence-corrected chi connectivity index (χ3v) is 4.87. The van der Waals surface area contributed by atoms with Crippen molar-refractivity contribution in [2.45, 2.75) is 0 Å². The third-order valence-electron chi connectivity index (χ3n) is 4.58. The first-order valence-electron chi connectivity index (χ1n) is 9.14. The summed E-state index contributed by atoms with van der Waals surface area (Å²) in [6.07, 6.45) is 3.18. The maximum Gasteiger partial charge on any atom is 0.326 e. The van der Waals surface area contributed by atoms with Gasteiger partial charge in [0.15, 0.2) is 0 Å². The van der Waals surface area contributed by atoms with Gasteiger partial charge in [-0.1, -0.05) is 23.7 Å². The summed E-state index contributed by atoms with van der Waals surface area (Å²) < 4.78 is 13.4. The summed E-state index contributed by atoms with van der Waals surface area (Å²) in [5.41, 5.74) is 2.13. The van der Waals surface area contributed by atoms with E-state index in [1.807, 2.05) is 0 Å². The lowest BCUT2D eigenvalue weighted by Crippen LogP contribution is -2.49. The van der Waals surface area contributed by atoms with Gasteiger partial charge in [-0.2, -0.15) is 0 Å². The zero-order valence-corrected chi connectivity index (χ0v) is 16.4. The summed E-state index contributed by atoms with van der Waals surface area (Å²) in [6, 6.07) is 13.8. The maximum absolute atomic E-state index is 13.4. The molecule has 7 nitrogen and oxygen atoms in total. The zero-order valence-electron chi connectivity index (χ0n) is 15.7. The monoisotopic (exact) mass is 425 g/mol. The van der Waals surface area contributed by atoms with Crippen LogP contribution in [0.4, 0.5) is 36.7 Å². The van der Waals surface area contributed by atoms with Crippen molar-refractivity contribution in [2.24, 2.45) is 0 Å². The van der Waals surface area contributed by atoms with Crippen LogP contribution in [0.15, 0.2) is 67.0 Å². The van der Waals surface area contributed by atoms with Crippen LogP contribution in [0, 0.1) is 5.82 Å². The minimum Gasteiger partial charge on any atom is -0.307 e. The van der Waals surface area contributed by atoms with Crippen LogP contribution in [-0.4, -0.2) is 30.1 Å². The number of amides is 4. The molecule has 2 aromatic carbocycles. The SMILES string of the molecule is O=C(Nc1cccnc1)N1CCN(C(=O)Nc2ccc(F)c(Cl)c2)c2ccccc21. The molecule has 1 aliphatic rings. The normalized spacial score (nSPS) is 12.9. The molecule has 30 heavy (non-hydrogen) atoms. The highest BCUT2D eigenvalue weighted by molar-refractivity contribution is 6.31. The molecular formula is C21H17ClFN5O2. The molecule has 4 rings (SSSR count). The van der Waals surface area contributed by atoms with Crippen molar-refractivity contribution in [1.29, 1.82) is 0 Å². The fourth-order valence-corrected chi connectivity index (χ4v) is 3.36. The average Bonchev–Trinajstić information content (AvgIpc) is 2.76. The molecule has 9 heteroatoms. The van der Waals surface area contributed by atoms with Crippen LogP contribution in [0.3, 0.4) is 0 Å². The van der Waals surface area contributed by atoms with Crippen LogP contribution < -0.4 is 20.4 Å². The summed E-state index contributed by atoms with van der Waals surface area (Å²) in [5.74, 6) is -0.562. The van der Waals surface area contributed by atoms with E-state index in [9.17, 15) is 14.0 Å². The quantitative estimate of drug-likeness (QED) is 0.608. The Morgan fingerprint density at radius 1 is 0.900 bits per heavy atom. The first-order valence-corrected chi connectivity index (χ1v) is 9.52. The van der Waals surface area contributed by atoms with E-state index in [0.717, 1.165) is 0 Å². The number of urea groups is 2. The Morgan fingerprint density at radius 3 is 2.10 bits per heavy atom. The number of carbonyl (C=O) groups excluding carboxylic acids is 2. The van der Waals surface area contributed by atoms with E-state index in [1.54, 1.807) is 53.7 Å². The number of rotatable bonds is 2. The van der Waals surface area contributed by atoms with Gasteiger partial charge in [0.2, 0.25) is 0 Å². The number of hydrogen-bond donors (Lipinski definition) is 2. The number of halogens is 2. The van der Waals surface area contributed by atoms with Crippen LogP contribution in [0.5, 0.6) is 0 Å². The van der Waals surface area contributed by atoms with Gasteiger partial charge in [0, 0.05) is 25.0 Å². The number of hydrogen-bond acceptors (Lipinski definition) is 3. The topological polar surface area (TPSA) is 77.6 Å². The number of pyridine rings is 1. The number of nitrogens with one attached hydrogen (secondary N) is 2. The molecule has 0 spiro atoms. The highest BCUT2D eigenvalue weighted by Crippen LogP contribution is 2.33. The molecule has 0 atom stereocenters. The van der Waals surface area contributed by atoms with Crippen LogP contribution in [0.1, 0.15) is 0 Å². The predicted octanol–water partition coefficient (Wildman–Crippen LogP) is 4.96. The summed E-state index contributed by atoms with van der Waals surface area (Å²) in [4.78, 5) is 32.7. The molecule has 4 amide bonds. The molecule has 0 aliphatic carbocycles. The lowest BCUT2D eigenvalue weighted by atomic mass is 10.1. The second-order valence-corrected chi connectivity index (χ2v) is 6.93. The highest BCUT2D eigenvalue weighted by atomic mass is 35.5. The van der Waals surface area contributed by atoms with Crippen molar-refractivity contribution < 1.29 is 14.0 Å². The summed E-state index contributed by atoms with van der Waals surface area (Å²) >= 11 is 5.79. The second kappa shape index (κ2) is 8.38. The van der Waals surface area contributed by atoms with Crippen LogP contribution in [0.25, 0.3) is 0 Å². The minimum absolute atomic E-state index is 0.0786. The van der Waals surface area contributed by atoms with E-state index >= 15 is 0 Å². The van der Waals surface area contributed by atoms with Crippen molar-refractivity contribution in [2.75, 3.05) is 33.5 Å². The van der Waals surface area contributed by atoms with Gasteiger partial charge in [0.05, 0.1) is 28.3 Å². The van der Waals surface area contributed by atoms with Crippen molar-refractivity contribution in [1.82, 2.24) is 4.98 Å². The standard InChI is InChI=1S/C21H17ClFN5O2/c22-16-12-14(7-8-17(16)23)25-20(29)27-10-11-28(19-6-2-1-5-18(19)27)21(30)26-15-4-3-9-24-13-15/h1-9,12-13H,10-11H2,(H,25,29)(H,26,30). The number of nitrogens with zero attached hydrogens (tertiary/aromatic N) is 3. The van der Waals surface area contributed by atoms with Crippen LogP contribution in [0.2, 0.25) is 5.02 Å². The number of fused-ring (bicyclic) bond motifs is 1. The van der Waals surface area contributed by atoms with Gasteiger partial charge in [0.1, 0.15) is 5.82 Å². The molecule has 2 heterocycles. The molecule has 1 aromatic heterocycles. The number of benzene rings is 2. The lowest BCUT2D eigenvalue weighted by molar-refractivity contribution is 0.253. The van der Waals surface area contributed by atoms with Gasteiger partial charge in [-0.05, 0) is 42.5 Å².